The monoisotopic (exact) mass is 261 g/mol. The van der Waals surface area contributed by atoms with E-state index in [0.29, 0.717) is 12.5 Å². The van der Waals surface area contributed by atoms with Gasteiger partial charge in [-0.1, -0.05) is 19.9 Å². The molecule has 2 atom stereocenters. The van der Waals surface area contributed by atoms with Crippen LogP contribution in [0.5, 0.6) is 5.75 Å². The summed E-state index contributed by atoms with van der Waals surface area (Å²) in [4.78, 5) is 2.37. The highest BCUT2D eigenvalue weighted by atomic mass is 16.5. The molecule has 3 nitrogen and oxygen atoms in total. The van der Waals surface area contributed by atoms with Crippen molar-refractivity contribution >= 4 is 0 Å². The van der Waals surface area contributed by atoms with E-state index < -0.39 is 6.10 Å². The summed E-state index contributed by atoms with van der Waals surface area (Å²) < 4.78 is 5.85. The molecule has 0 bridgehead atoms. The molecule has 0 spiro atoms. The zero-order chi connectivity index (χ0) is 13.4. The van der Waals surface area contributed by atoms with Gasteiger partial charge in [-0.2, -0.15) is 0 Å². The number of aliphatic hydroxyl groups is 1. The first-order chi connectivity index (χ1) is 9.16. The van der Waals surface area contributed by atoms with Gasteiger partial charge < -0.3 is 9.84 Å². The molecular weight excluding hydrogens is 238 g/mol. The van der Waals surface area contributed by atoms with E-state index in [9.17, 15) is 5.11 Å². The third kappa shape index (κ3) is 2.37. The van der Waals surface area contributed by atoms with Crippen molar-refractivity contribution in [2.45, 2.75) is 44.8 Å². The van der Waals surface area contributed by atoms with E-state index in [4.69, 9.17) is 4.74 Å². The van der Waals surface area contributed by atoms with Crippen LogP contribution in [-0.2, 0) is 0 Å². The molecule has 0 aliphatic carbocycles. The van der Waals surface area contributed by atoms with Crippen molar-refractivity contribution in [1.82, 2.24) is 4.90 Å². The predicted octanol–water partition coefficient (Wildman–Crippen LogP) is 2.70. The topological polar surface area (TPSA) is 32.7 Å². The summed E-state index contributed by atoms with van der Waals surface area (Å²) in [6, 6.07) is 6.35. The van der Waals surface area contributed by atoms with Crippen LogP contribution in [0.15, 0.2) is 18.2 Å². The summed E-state index contributed by atoms with van der Waals surface area (Å²) in [6.07, 6.45) is 2.06. The summed E-state index contributed by atoms with van der Waals surface area (Å²) in [6.45, 7) is 7.13. The van der Waals surface area contributed by atoms with E-state index in [2.05, 4.69) is 30.9 Å². The summed E-state index contributed by atoms with van der Waals surface area (Å²) in [7, 11) is 0. The molecular formula is C16H23NO2. The zero-order valence-electron chi connectivity index (χ0n) is 11.8. The Labute approximate surface area is 115 Å². The molecule has 1 aromatic rings. The fourth-order valence-corrected chi connectivity index (χ4v) is 3.14. The van der Waals surface area contributed by atoms with E-state index in [1.54, 1.807) is 0 Å². The number of likely N-dealkylation sites (tertiary alicyclic amines) is 1. The molecule has 3 heteroatoms. The van der Waals surface area contributed by atoms with Crippen LogP contribution in [0.4, 0.5) is 0 Å². The van der Waals surface area contributed by atoms with Gasteiger partial charge in [-0.15, -0.1) is 0 Å². The van der Waals surface area contributed by atoms with Crippen LogP contribution in [-0.4, -0.2) is 35.7 Å². The van der Waals surface area contributed by atoms with Gasteiger partial charge in [-0.25, -0.2) is 0 Å². The van der Waals surface area contributed by atoms with Gasteiger partial charge in [0.15, 0.2) is 0 Å². The van der Waals surface area contributed by atoms with Crippen LogP contribution in [0, 0.1) is 0 Å². The molecule has 1 saturated heterocycles. The molecule has 0 amide bonds. The van der Waals surface area contributed by atoms with Crippen LogP contribution in [0.1, 0.15) is 49.8 Å². The average molecular weight is 261 g/mol. The number of nitrogens with zero attached hydrogens (tertiary/aromatic N) is 1. The van der Waals surface area contributed by atoms with Crippen molar-refractivity contribution < 1.29 is 9.84 Å². The largest absolute Gasteiger partial charge is 0.491 e. The Morgan fingerprint density at radius 2 is 2.00 bits per heavy atom. The maximum atomic E-state index is 10.7. The van der Waals surface area contributed by atoms with Crippen LogP contribution < -0.4 is 4.74 Å². The standard InChI is InChI=1S/C16H23NO2/c1-11(2)12-5-6-15-13(9-12)16(18)14(10-19-15)17-7-3-4-8-17/h5-6,9,11,14,16,18H,3-4,7-8,10H2,1-2H3. The van der Waals surface area contributed by atoms with Gasteiger partial charge >= 0.3 is 0 Å². The number of aliphatic hydroxyl groups excluding tert-OH is 1. The Morgan fingerprint density at radius 3 is 2.68 bits per heavy atom. The lowest BCUT2D eigenvalue weighted by molar-refractivity contribution is 0.0139. The van der Waals surface area contributed by atoms with E-state index in [1.165, 1.54) is 18.4 Å². The molecule has 2 unspecified atom stereocenters. The lowest BCUT2D eigenvalue weighted by Crippen LogP contribution is -2.44. The molecule has 0 aromatic heterocycles. The summed E-state index contributed by atoms with van der Waals surface area (Å²) in [5.41, 5.74) is 2.23. The quantitative estimate of drug-likeness (QED) is 0.888. The fraction of sp³-hybridized carbons (Fsp3) is 0.625. The fourth-order valence-electron chi connectivity index (χ4n) is 3.14. The third-order valence-corrected chi connectivity index (χ3v) is 4.40. The molecule has 2 aliphatic rings. The first-order valence-electron chi connectivity index (χ1n) is 7.35. The second-order valence-electron chi connectivity index (χ2n) is 6.02. The summed E-state index contributed by atoms with van der Waals surface area (Å²) >= 11 is 0. The molecule has 2 aliphatic heterocycles. The van der Waals surface area contributed by atoms with Gasteiger partial charge in [-0.3, -0.25) is 4.90 Å². The number of fused-ring (bicyclic) bond motifs is 1. The Bertz CT molecular complexity index is 452. The molecule has 0 saturated carbocycles. The Kier molecular flexibility index (Phi) is 3.50. The van der Waals surface area contributed by atoms with Gasteiger partial charge in [0.2, 0.25) is 0 Å². The minimum absolute atomic E-state index is 0.123. The second kappa shape index (κ2) is 5.14. The smallest absolute Gasteiger partial charge is 0.125 e. The van der Waals surface area contributed by atoms with Gasteiger partial charge in [0.1, 0.15) is 18.5 Å². The normalized spacial score (nSPS) is 27.4. The van der Waals surface area contributed by atoms with Crippen molar-refractivity contribution in [1.29, 1.82) is 0 Å². The molecule has 104 valence electrons. The van der Waals surface area contributed by atoms with Crippen molar-refractivity contribution in [2.75, 3.05) is 19.7 Å². The molecule has 1 fully saturated rings. The van der Waals surface area contributed by atoms with Gasteiger partial charge in [0.05, 0.1) is 6.04 Å². The van der Waals surface area contributed by atoms with E-state index in [1.807, 2.05) is 6.07 Å². The van der Waals surface area contributed by atoms with Crippen LogP contribution >= 0.6 is 0 Å². The maximum Gasteiger partial charge on any atom is 0.125 e. The number of benzene rings is 1. The van der Waals surface area contributed by atoms with Gasteiger partial charge in [0.25, 0.3) is 0 Å². The average Bonchev–Trinajstić information content (AvgIpc) is 2.92. The van der Waals surface area contributed by atoms with Crippen molar-refractivity contribution in [3.8, 4) is 5.75 Å². The Balaban J connectivity index is 1.88. The molecule has 1 N–H and O–H groups in total. The number of ether oxygens (including phenoxy) is 1. The zero-order valence-corrected chi connectivity index (χ0v) is 11.8. The van der Waals surface area contributed by atoms with Crippen molar-refractivity contribution in [2.24, 2.45) is 0 Å². The summed E-state index contributed by atoms with van der Waals surface area (Å²) in [5.74, 6) is 1.33. The molecule has 1 aromatic carbocycles. The maximum absolute atomic E-state index is 10.7. The predicted molar refractivity (Wildman–Crippen MR) is 75.6 cm³/mol. The van der Waals surface area contributed by atoms with Gasteiger partial charge in [0, 0.05) is 5.56 Å². The highest BCUT2D eigenvalue weighted by Crippen LogP contribution is 2.37. The highest BCUT2D eigenvalue weighted by molar-refractivity contribution is 5.42. The Morgan fingerprint density at radius 1 is 1.26 bits per heavy atom. The second-order valence-corrected chi connectivity index (χ2v) is 6.02. The molecule has 0 radical (unpaired) electrons. The lowest BCUT2D eigenvalue weighted by atomic mass is 9.93. The highest BCUT2D eigenvalue weighted by Gasteiger charge is 2.35. The van der Waals surface area contributed by atoms with Crippen LogP contribution in [0.3, 0.4) is 0 Å². The SMILES string of the molecule is CC(C)c1ccc2c(c1)C(O)C(N1CCCC1)CO2. The number of rotatable bonds is 2. The number of hydrogen-bond donors (Lipinski definition) is 1. The molecule has 19 heavy (non-hydrogen) atoms. The Hall–Kier alpha value is -1.06. The third-order valence-electron chi connectivity index (χ3n) is 4.40. The van der Waals surface area contributed by atoms with Crippen molar-refractivity contribution in [3.05, 3.63) is 29.3 Å². The first kappa shape index (κ1) is 12.9. The van der Waals surface area contributed by atoms with E-state index in [-0.39, 0.29) is 6.04 Å². The van der Waals surface area contributed by atoms with Gasteiger partial charge in [-0.05, 0) is 49.5 Å². The van der Waals surface area contributed by atoms with Crippen molar-refractivity contribution in [3.63, 3.8) is 0 Å². The molecule has 2 heterocycles. The van der Waals surface area contributed by atoms with Crippen LogP contribution in [0.2, 0.25) is 0 Å². The minimum Gasteiger partial charge on any atom is -0.491 e. The minimum atomic E-state index is -0.416. The summed E-state index contributed by atoms with van der Waals surface area (Å²) in [5, 5.41) is 10.7. The van der Waals surface area contributed by atoms with Crippen LogP contribution in [0.25, 0.3) is 0 Å². The molecule has 3 rings (SSSR count). The first-order valence-corrected chi connectivity index (χ1v) is 7.35. The number of hydrogen-bond acceptors (Lipinski definition) is 3. The lowest BCUT2D eigenvalue weighted by Gasteiger charge is -2.36. The van der Waals surface area contributed by atoms with E-state index in [0.717, 1.165) is 24.4 Å². The van der Waals surface area contributed by atoms with E-state index >= 15 is 0 Å².